The number of hydrogen-bond donors (Lipinski definition) is 2. The summed E-state index contributed by atoms with van der Waals surface area (Å²) in [5, 5.41) is 10.7. The van der Waals surface area contributed by atoms with Crippen molar-refractivity contribution in [3.8, 4) is 11.4 Å². The van der Waals surface area contributed by atoms with Gasteiger partial charge in [-0.15, -0.1) is 0 Å². The van der Waals surface area contributed by atoms with E-state index >= 15 is 0 Å². The Hall–Kier alpha value is -2.41. The van der Waals surface area contributed by atoms with Crippen LogP contribution in [0, 0.1) is 6.92 Å². The molecule has 21 heavy (non-hydrogen) atoms. The lowest BCUT2D eigenvalue weighted by Gasteiger charge is -2.24. The van der Waals surface area contributed by atoms with Gasteiger partial charge in [0.25, 0.3) is 0 Å². The molecule has 0 bridgehead atoms. The average Bonchev–Trinajstić information content (AvgIpc) is 3.18. The predicted molar refractivity (Wildman–Crippen MR) is 75.2 cm³/mol. The van der Waals surface area contributed by atoms with Crippen LogP contribution in [-0.4, -0.2) is 36.8 Å². The van der Waals surface area contributed by atoms with E-state index in [0.717, 1.165) is 54.6 Å². The van der Waals surface area contributed by atoms with Crippen LogP contribution in [0.15, 0.2) is 23.0 Å². The molecule has 4 rings (SSSR count). The summed E-state index contributed by atoms with van der Waals surface area (Å²) in [6.45, 7) is 4.54. The quantitative estimate of drug-likeness (QED) is 0.763. The van der Waals surface area contributed by atoms with Crippen molar-refractivity contribution in [2.45, 2.75) is 26.4 Å². The Balaban J connectivity index is 1.52. The fourth-order valence-corrected chi connectivity index (χ4v) is 2.71. The summed E-state index contributed by atoms with van der Waals surface area (Å²) >= 11 is 0. The minimum absolute atomic E-state index is 0.778. The standard InChI is InChI=1S/C14H16N6O/c1-9-4-11(21-19-9)7-20-3-2-12-13(8-20)18-14(17-12)10-5-15-16-6-10/h4-6H,2-3,7-8H2,1H3,(H,15,16)(H,17,18). The van der Waals surface area contributed by atoms with E-state index in [0.29, 0.717) is 0 Å². The summed E-state index contributed by atoms with van der Waals surface area (Å²) in [5.74, 6) is 1.79. The first-order valence-corrected chi connectivity index (χ1v) is 6.99. The third-order valence-electron chi connectivity index (χ3n) is 3.74. The zero-order valence-corrected chi connectivity index (χ0v) is 11.8. The third-order valence-corrected chi connectivity index (χ3v) is 3.74. The summed E-state index contributed by atoms with van der Waals surface area (Å²) in [5.41, 5.74) is 4.23. The summed E-state index contributed by atoms with van der Waals surface area (Å²) in [6.07, 6.45) is 4.56. The fourth-order valence-electron chi connectivity index (χ4n) is 2.71. The van der Waals surface area contributed by atoms with Gasteiger partial charge in [-0.1, -0.05) is 5.16 Å². The molecule has 4 heterocycles. The first-order chi connectivity index (χ1) is 10.3. The number of aromatic nitrogens is 5. The number of H-pyrrole nitrogens is 2. The first kappa shape index (κ1) is 12.3. The van der Waals surface area contributed by atoms with Crippen LogP contribution in [0.4, 0.5) is 0 Å². The smallest absolute Gasteiger partial charge is 0.150 e. The van der Waals surface area contributed by atoms with E-state index in [1.807, 2.05) is 19.2 Å². The van der Waals surface area contributed by atoms with Crippen molar-refractivity contribution in [3.63, 3.8) is 0 Å². The molecule has 3 aromatic heterocycles. The Kier molecular flexibility index (Phi) is 2.85. The maximum Gasteiger partial charge on any atom is 0.150 e. The van der Waals surface area contributed by atoms with Crippen molar-refractivity contribution in [2.75, 3.05) is 6.54 Å². The number of nitrogens with one attached hydrogen (secondary N) is 2. The SMILES string of the molecule is Cc1cc(CN2CCc3nc(-c4cn[nH]c4)[nH]c3C2)on1. The van der Waals surface area contributed by atoms with Crippen LogP contribution < -0.4 is 0 Å². The normalized spacial score (nSPS) is 15.3. The maximum atomic E-state index is 5.29. The Morgan fingerprint density at radius 3 is 3.14 bits per heavy atom. The molecular weight excluding hydrogens is 268 g/mol. The zero-order valence-electron chi connectivity index (χ0n) is 11.8. The molecule has 2 N–H and O–H groups in total. The highest BCUT2D eigenvalue weighted by molar-refractivity contribution is 5.53. The van der Waals surface area contributed by atoms with Gasteiger partial charge in [-0.05, 0) is 6.92 Å². The van der Waals surface area contributed by atoms with Gasteiger partial charge in [0.05, 0.1) is 35.4 Å². The highest BCUT2D eigenvalue weighted by Crippen LogP contribution is 2.23. The van der Waals surface area contributed by atoms with Crippen molar-refractivity contribution in [1.29, 1.82) is 0 Å². The van der Waals surface area contributed by atoms with Crippen LogP contribution in [0.3, 0.4) is 0 Å². The lowest BCUT2D eigenvalue weighted by Crippen LogP contribution is -2.29. The number of rotatable bonds is 3. The largest absolute Gasteiger partial charge is 0.360 e. The molecule has 0 unspecified atom stereocenters. The van der Waals surface area contributed by atoms with Gasteiger partial charge in [0.15, 0.2) is 5.76 Å². The van der Waals surface area contributed by atoms with Gasteiger partial charge in [-0.2, -0.15) is 5.10 Å². The fraction of sp³-hybridized carbons (Fsp3) is 0.357. The minimum atomic E-state index is 0.778. The number of aryl methyl sites for hydroxylation is 1. The van der Waals surface area contributed by atoms with Gasteiger partial charge in [0.2, 0.25) is 0 Å². The molecule has 0 atom stereocenters. The Morgan fingerprint density at radius 2 is 2.38 bits per heavy atom. The summed E-state index contributed by atoms with van der Waals surface area (Å²) in [4.78, 5) is 10.4. The van der Waals surface area contributed by atoms with Gasteiger partial charge < -0.3 is 9.51 Å². The molecule has 0 saturated heterocycles. The Morgan fingerprint density at radius 1 is 1.43 bits per heavy atom. The molecule has 3 aromatic rings. The van der Waals surface area contributed by atoms with E-state index in [9.17, 15) is 0 Å². The number of nitrogens with zero attached hydrogens (tertiary/aromatic N) is 4. The molecule has 1 aliphatic rings. The second-order valence-electron chi connectivity index (χ2n) is 5.39. The van der Waals surface area contributed by atoms with Crippen LogP contribution in [0.25, 0.3) is 11.4 Å². The minimum Gasteiger partial charge on any atom is -0.360 e. The van der Waals surface area contributed by atoms with Gasteiger partial charge in [0.1, 0.15) is 5.82 Å². The van der Waals surface area contributed by atoms with Gasteiger partial charge in [-0.25, -0.2) is 4.98 Å². The highest BCUT2D eigenvalue weighted by Gasteiger charge is 2.21. The second-order valence-corrected chi connectivity index (χ2v) is 5.39. The molecule has 7 heteroatoms. The molecule has 0 amide bonds. The van der Waals surface area contributed by atoms with E-state index in [-0.39, 0.29) is 0 Å². The van der Waals surface area contributed by atoms with Gasteiger partial charge >= 0.3 is 0 Å². The summed E-state index contributed by atoms with van der Waals surface area (Å²) in [7, 11) is 0. The molecule has 0 fully saturated rings. The van der Waals surface area contributed by atoms with Crippen molar-refractivity contribution in [1.82, 2.24) is 30.2 Å². The monoisotopic (exact) mass is 284 g/mol. The van der Waals surface area contributed by atoms with E-state index in [1.54, 1.807) is 6.20 Å². The van der Waals surface area contributed by atoms with Crippen LogP contribution >= 0.6 is 0 Å². The van der Waals surface area contributed by atoms with E-state index in [4.69, 9.17) is 4.52 Å². The maximum absolute atomic E-state index is 5.29. The predicted octanol–water partition coefficient (Wildman–Crippen LogP) is 1.65. The van der Waals surface area contributed by atoms with E-state index in [1.165, 1.54) is 5.69 Å². The molecule has 0 radical (unpaired) electrons. The first-order valence-electron chi connectivity index (χ1n) is 6.99. The molecule has 0 aromatic carbocycles. The molecule has 1 aliphatic heterocycles. The van der Waals surface area contributed by atoms with E-state index < -0.39 is 0 Å². The van der Waals surface area contributed by atoms with Crippen LogP contribution in [0.5, 0.6) is 0 Å². The van der Waals surface area contributed by atoms with Crippen LogP contribution in [0.2, 0.25) is 0 Å². The molecule has 0 saturated carbocycles. The lowest BCUT2D eigenvalue weighted by atomic mass is 10.1. The van der Waals surface area contributed by atoms with Crippen LogP contribution in [-0.2, 0) is 19.5 Å². The summed E-state index contributed by atoms with van der Waals surface area (Å²) in [6, 6.07) is 1.99. The van der Waals surface area contributed by atoms with Gasteiger partial charge in [0, 0.05) is 31.8 Å². The number of aromatic amines is 2. The average molecular weight is 284 g/mol. The Labute approximate surface area is 121 Å². The van der Waals surface area contributed by atoms with Gasteiger partial charge in [-0.3, -0.25) is 10.00 Å². The van der Waals surface area contributed by atoms with E-state index in [2.05, 4.69) is 30.2 Å². The van der Waals surface area contributed by atoms with Crippen molar-refractivity contribution < 1.29 is 4.52 Å². The molecule has 7 nitrogen and oxygen atoms in total. The van der Waals surface area contributed by atoms with Crippen molar-refractivity contribution in [3.05, 3.63) is 41.3 Å². The number of hydrogen-bond acceptors (Lipinski definition) is 5. The van der Waals surface area contributed by atoms with Crippen molar-refractivity contribution >= 4 is 0 Å². The number of fused-ring (bicyclic) bond motifs is 1. The lowest BCUT2D eigenvalue weighted by molar-refractivity contribution is 0.211. The van der Waals surface area contributed by atoms with Crippen molar-refractivity contribution in [2.24, 2.45) is 0 Å². The third kappa shape index (κ3) is 2.36. The second kappa shape index (κ2) is 4.85. The highest BCUT2D eigenvalue weighted by atomic mass is 16.5. The molecule has 0 aliphatic carbocycles. The molecule has 0 spiro atoms. The zero-order chi connectivity index (χ0) is 14.2. The summed E-state index contributed by atoms with van der Waals surface area (Å²) < 4.78 is 5.29. The van der Waals surface area contributed by atoms with Crippen LogP contribution in [0.1, 0.15) is 22.8 Å². The molecule has 108 valence electrons. The topological polar surface area (TPSA) is 86.6 Å². The molecular formula is C14H16N6O. The Bertz CT molecular complexity index is 741. The number of imidazole rings is 1.